The van der Waals surface area contributed by atoms with E-state index in [2.05, 4.69) is 37.9 Å². The van der Waals surface area contributed by atoms with Crippen LogP contribution in [0.5, 0.6) is 0 Å². The Morgan fingerprint density at radius 1 is 1.05 bits per heavy atom. The van der Waals surface area contributed by atoms with Gasteiger partial charge in [0.1, 0.15) is 0 Å². The fraction of sp³-hybridized carbons (Fsp3) is 1.00. The molecule has 0 aromatic rings. The Labute approximate surface area is 118 Å². The second kappa shape index (κ2) is 7.58. The minimum absolute atomic E-state index is 0.0293. The van der Waals surface area contributed by atoms with Gasteiger partial charge < -0.3 is 14.8 Å². The van der Waals surface area contributed by atoms with Crippen LogP contribution in [0, 0.1) is 0 Å². The van der Waals surface area contributed by atoms with E-state index < -0.39 is 0 Å². The van der Waals surface area contributed by atoms with E-state index in [4.69, 9.17) is 9.47 Å². The average Bonchev–Trinajstić information content (AvgIpc) is 2.23. The van der Waals surface area contributed by atoms with Crippen LogP contribution in [-0.4, -0.2) is 62.5 Å². The minimum Gasteiger partial charge on any atom is -0.383 e. The number of nitrogens with one attached hydrogen (secondary N) is 1. The van der Waals surface area contributed by atoms with Gasteiger partial charge in [0.05, 0.1) is 17.8 Å². The molecule has 19 heavy (non-hydrogen) atoms. The summed E-state index contributed by atoms with van der Waals surface area (Å²) in [5, 5.41) is 3.39. The number of morpholine rings is 1. The van der Waals surface area contributed by atoms with Gasteiger partial charge >= 0.3 is 0 Å². The molecule has 1 aliphatic rings. The highest BCUT2D eigenvalue weighted by molar-refractivity contribution is 4.88. The fourth-order valence-corrected chi connectivity index (χ4v) is 2.99. The molecule has 1 N–H and O–H groups in total. The van der Waals surface area contributed by atoms with E-state index in [0.29, 0.717) is 0 Å². The zero-order valence-corrected chi connectivity index (χ0v) is 13.4. The summed E-state index contributed by atoms with van der Waals surface area (Å²) < 4.78 is 11.1. The van der Waals surface area contributed by atoms with Crippen LogP contribution < -0.4 is 5.32 Å². The van der Waals surface area contributed by atoms with Gasteiger partial charge in [0, 0.05) is 26.7 Å². The van der Waals surface area contributed by atoms with Crippen molar-refractivity contribution in [3.8, 4) is 0 Å². The van der Waals surface area contributed by atoms with Crippen LogP contribution in [-0.2, 0) is 9.47 Å². The molecule has 0 unspecified atom stereocenters. The van der Waals surface area contributed by atoms with Crippen molar-refractivity contribution in [1.29, 1.82) is 0 Å². The highest BCUT2D eigenvalue weighted by atomic mass is 16.5. The van der Waals surface area contributed by atoms with E-state index in [1.54, 1.807) is 7.11 Å². The highest BCUT2D eigenvalue weighted by Gasteiger charge is 2.37. The van der Waals surface area contributed by atoms with E-state index in [1.165, 1.54) is 19.4 Å². The summed E-state index contributed by atoms with van der Waals surface area (Å²) in [5.74, 6) is 0. The minimum atomic E-state index is -0.0293. The molecule has 0 spiro atoms. The van der Waals surface area contributed by atoms with Crippen molar-refractivity contribution in [3.63, 3.8) is 0 Å². The third kappa shape index (κ3) is 7.25. The van der Waals surface area contributed by atoms with E-state index in [0.717, 1.165) is 32.8 Å². The molecule has 114 valence electrons. The summed E-state index contributed by atoms with van der Waals surface area (Å²) in [7, 11) is 1.74. The maximum Gasteiger partial charge on any atom is 0.0760 e. The maximum absolute atomic E-state index is 6.10. The van der Waals surface area contributed by atoms with Gasteiger partial charge in [-0.1, -0.05) is 0 Å². The molecule has 0 amide bonds. The van der Waals surface area contributed by atoms with Crippen LogP contribution in [0.15, 0.2) is 0 Å². The monoisotopic (exact) mass is 272 g/mol. The van der Waals surface area contributed by atoms with Crippen LogP contribution >= 0.6 is 0 Å². The van der Waals surface area contributed by atoms with Gasteiger partial charge in [0.25, 0.3) is 0 Å². The zero-order valence-electron chi connectivity index (χ0n) is 13.4. The number of hydrogen-bond acceptors (Lipinski definition) is 4. The molecular weight excluding hydrogens is 240 g/mol. The third-order valence-electron chi connectivity index (χ3n) is 3.32. The van der Waals surface area contributed by atoms with Gasteiger partial charge in [0.15, 0.2) is 0 Å². The summed E-state index contributed by atoms with van der Waals surface area (Å²) >= 11 is 0. The molecule has 4 heteroatoms. The fourth-order valence-electron chi connectivity index (χ4n) is 2.99. The van der Waals surface area contributed by atoms with E-state index in [-0.39, 0.29) is 11.2 Å². The van der Waals surface area contributed by atoms with Crippen molar-refractivity contribution < 1.29 is 9.47 Å². The van der Waals surface area contributed by atoms with Gasteiger partial charge in [-0.25, -0.2) is 0 Å². The lowest BCUT2D eigenvalue weighted by Crippen LogP contribution is -2.57. The molecule has 0 aromatic heterocycles. The molecule has 0 aliphatic carbocycles. The standard InChI is InChI=1S/C15H32N2O2/c1-14(2)12-17(13-15(3,4)19-14)10-7-6-8-16-9-11-18-5/h16H,6-13H2,1-5H3. The van der Waals surface area contributed by atoms with Crippen molar-refractivity contribution in [2.45, 2.75) is 51.7 Å². The predicted molar refractivity (Wildman–Crippen MR) is 79.7 cm³/mol. The first kappa shape index (κ1) is 16.9. The Kier molecular flexibility index (Phi) is 6.74. The Balaban J connectivity index is 2.15. The lowest BCUT2D eigenvalue weighted by Gasteiger charge is -2.47. The first-order valence-corrected chi connectivity index (χ1v) is 7.47. The van der Waals surface area contributed by atoms with Crippen molar-refractivity contribution in [2.75, 3.05) is 46.4 Å². The van der Waals surface area contributed by atoms with E-state index in [9.17, 15) is 0 Å². The topological polar surface area (TPSA) is 33.7 Å². The molecular formula is C15H32N2O2. The smallest absolute Gasteiger partial charge is 0.0760 e. The quantitative estimate of drug-likeness (QED) is 0.684. The van der Waals surface area contributed by atoms with Crippen LogP contribution in [0.3, 0.4) is 0 Å². The summed E-state index contributed by atoms with van der Waals surface area (Å²) in [6, 6.07) is 0. The predicted octanol–water partition coefficient (Wildman–Crippen LogP) is 1.89. The molecule has 0 radical (unpaired) electrons. The second-order valence-corrected chi connectivity index (χ2v) is 6.78. The molecule has 0 atom stereocenters. The van der Waals surface area contributed by atoms with Gasteiger partial charge in [0.2, 0.25) is 0 Å². The van der Waals surface area contributed by atoms with Crippen LogP contribution in [0.2, 0.25) is 0 Å². The molecule has 1 aliphatic heterocycles. The number of unbranched alkanes of at least 4 members (excludes halogenated alkanes) is 1. The Morgan fingerprint density at radius 2 is 1.68 bits per heavy atom. The molecule has 0 saturated carbocycles. The number of ether oxygens (including phenoxy) is 2. The number of rotatable bonds is 8. The van der Waals surface area contributed by atoms with Crippen molar-refractivity contribution in [2.24, 2.45) is 0 Å². The van der Waals surface area contributed by atoms with Gasteiger partial charge in [-0.15, -0.1) is 0 Å². The average molecular weight is 272 g/mol. The zero-order chi connectivity index (χ0) is 14.4. The largest absolute Gasteiger partial charge is 0.383 e. The Bertz CT molecular complexity index is 239. The number of nitrogens with zero attached hydrogens (tertiary/aromatic N) is 1. The molecule has 1 heterocycles. The molecule has 1 fully saturated rings. The maximum atomic E-state index is 6.10. The Morgan fingerprint density at radius 3 is 2.26 bits per heavy atom. The summed E-state index contributed by atoms with van der Waals surface area (Å²) in [5.41, 5.74) is -0.0586. The molecule has 1 rings (SSSR count). The number of hydrogen-bond donors (Lipinski definition) is 1. The van der Waals surface area contributed by atoms with Crippen LogP contribution in [0.1, 0.15) is 40.5 Å². The van der Waals surface area contributed by atoms with Crippen LogP contribution in [0.4, 0.5) is 0 Å². The summed E-state index contributed by atoms with van der Waals surface area (Å²) in [4.78, 5) is 2.54. The lowest BCUT2D eigenvalue weighted by atomic mass is 9.99. The van der Waals surface area contributed by atoms with Crippen LogP contribution in [0.25, 0.3) is 0 Å². The first-order chi connectivity index (χ1) is 8.85. The normalized spacial score (nSPS) is 22.6. The summed E-state index contributed by atoms with van der Waals surface area (Å²) in [6.45, 7) is 14.8. The second-order valence-electron chi connectivity index (χ2n) is 6.78. The first-order valence-electron chi connectivity index (χ1n) is 7.47. The highest BCUT2D eigenvalue weighted by Crippen LogP contribution is 2.27. The van der Waals surface area contributed by atoms with Gasteiger partial charge in [-0.2, -0.15) is 0 Å². The van der Waals surface area contributed by atoms with Crippen molar-refractivity contribution >= 4 is 0 Å². The molecule has 1 saturated heterocycles. The molecule has 4 nitrogen and oxygen atoms in total. The third-order valence-corrected chi connectivity index (χ3v) is 3.32. The molecule has 0 aromatic carbocycles. The SMILES string of the molecule is COCCNCCCCN1CC(C)(C)OC(C)(C)C1. The lowest BCUT2D eigenvalue weighted by molar-refractivity contribution is -0.180. The van der Waals surface area contributed by atoms with E-state index >= 15 is 0 Å². The van der Waals surface area contributed by atoms with E-state index in [1.807, 2.05) is 0 Å². The Hall–Kier alpha value is -0.160. The van der Waals surface area contributed by atoms with Gasteiger partial charge in [-0.3, -0.25) is 4.90 Å². The van der Waals surface area contributed by atoms with Crippen molar-refractivity contribution in [1.82, 2.24) is 10.2 Å². The van der Waals surface area contributed by atoms with Gasteiger partial charge in [-0.05, 0) is 53.6 Å². The number of methoxy groups -OCH3 is 1. The molecule has 0 bridgehead atoms. The van der Waals surface area contributed by atoms with Crippen molar-refractivity contribution in [3.05, 3.63) is 0 Å². The summed E-state index contributed by atoms with van der Waals surface area (Å²) in [6.07, 6.45) is 2.47.